The van der Waals surface area contributed by atoms with E-state index in [1.807, 2.05) is 12.1 Å². The van der Waals surface area contributed by atoms with Crippen molar-refractivity contribution >= 4 is 28.3 Å². The number of anilines is 1. The van der Waals surface area contributed by atoms with E-state index in [1.165, 1.54) is 0 Å². The van der Waals surface area contributed by atoms with Gasteiger partial charge in [0.05, 0.1) is 11.4 Å². The number of hydrogen-bond donors (Lipinski definition) is 0. The van der Waals surface area contributed by atoms with Crippen molar-refractivity contribution in [3.05, 3.63) is 35.9 Å². The molecule has 0 atom stereocenters. The highest BCUT2D eigenvalue weighted by molar-refractivity contribution is 6.17. The number of rotatable bonds is 5. The lowest BCUT2D eigenvalue weighted by molar-refractivity contribution is 0.777. The van der Waals surface area contributed by atoms with E-state index in [0.717, 1.165) is 41.8 Å². The first-order chi connectivity index (χ1) is 8.80. The zero-order chi connectivity index (χ0) is 13.0. The van der Waals surface area contributed by atoms with E-state index in [-0.39, 0.29) is 0 Å². The molecule has 0 aliphatic carbocycles. The molecule has 0 radical (unpaired) electrons. The number of nitrogens with zero attached hydrogens (tertiary/aromatic N) is 2. The average molecular weight is 263 g/mol. The van der Waals surface area contributed by atoms with Crippen LogP contribution in [-0.4, -0.2) is 18.1 Å². The molecule has 0 unspecified atom stereocenters. The van der Waals surface area contributed by atoms with E-state index < -0.39 is 0 Å². The molecule has 96 valence electrons. The number of pyridine rings is 1. The molecular formula is C15H19ClN2. The predicted molar refractivity (Wildman–Crippen MR) is 79.5 cm³/mol. The Morgan fingerprint density at radius 2 is 2.00 bits per heavy atom. The van der Waals surface area contributed by atoms with Gasteiger partial charge >= 0.3 is 0 Å². The monoisotopic (exact) mass is 262 g/mol. The molecule has 0 saturated heterocycles. The summed E-state index contributed by atoms with van der Waals surface area (Å²) in [5.74, 6) is 1.54. The summed E-state index contributed by atoms with van der Waals surface area (Å²) in [7, 11) is 0. The van der Waals surface area contributed by atoms with Crippen LogP contribution in [0.15, 0.2) is 30.3 Å². The van der Waals surface area contributed by atoms with Crippen molar-refractivity contribution in [3.8, 4) is 0 Å². The zero-order valence-electron chi connectivity index (χ0n) is 11.0. The lowest BCUT2D eigenvalue weighted by Gasteiger charge is -2.24. The summed E-state index contributed by atoms with van der Waals surface area (Å²) in [5.41, 5.74) is 2.15. The number of halogens is 1. The van der Waals surface area contributed by atoms with Crippen LogP contribution in [0.4, 0.5) is 5.82 Å². The van der Waals surface area contributed by atoms with Crippen LogP contribution in [0.2, 0.25) is 0 Å². The summed E-state index contributed by atoms with van der Waals surface area (Å²) in [5, 5.41) is 1.16. The lowest BCUT2D eigenvalue weighted by Crippen LogP contribution is -2.25. The van der Waals surface area contributed by atoms with Gasteiger partial charge in [-0.1, -0.05) is 25.1 Å². The Bertz CT molecular complexity index is 525. The fourth-order valence-electron chi connectivity index (χ4n) is 2.21. The Balaban J connectivity index is 2.53. The highest BCUT2D eigenvalue weighted by Gasteiger charge is 2.11. The second-order valence-electron chi connectivity index (χ2n) is 4.38. The van der Waals surface area contributed by atoms with Gasteiger partial charge in [0.1, 0.15) is 5.82 Å². The summed E-state index contributed by atoms with van der Waals surface area (Å²) in [6, 6.07) is 10.3. The minimum atomic E-state index is 0.507. The highest BCUT2D eigenvalue weighted by Crippen LogP contribution is 2.25. The maximum Gasteiger partial charge on any atom is 0.133 e. The molecule has 18 heavy (non-hydrogen) atoms. The fraction of sp³-hybridized carbons (Fsp3) is 0.400. The third-order valence-corrected chi connectivity index (χ3v) is 3.39. The number of alkyl halides is 1. The van der Waals surface area contributed by atoms with Crippen LogP contribution in [-0.2, 0) is 5.88 Å². The molecule has 0 spiro atoms. The van der Waals surface area contributed by atoms with Crippen LogP contribution in [0.25, 0.3) is 10.9 Å². The van der Waals surface area contributed by atoms with E-state index in [9.17, 15) is 0 Å². The normalized spacial score (nSPS) is 10.8. The number of hydrogen-bond acceptors (Lipinski definition) is 2. The van der Waals surface area contributed by atoms with E-state index in [1.54, 1.807) is 0 Å². The summed E-state index contributed by atoms with van der Waals surface area (Å²) in [6.45, 7) is 6.32. The van der Waals surface area contributed by atoms with Crippen molar-refractivity contribution in [2.75, 3.05) is 18.0 Å². The van der Waals surface area contributed by atoms with E-state index >= 15 is 0 Å². The topological polar surface area (TPSA) is 16.1 Å². The van der Waals surface area contributed by atoms with Gasteiger partial charge in [0.2, 0.25) is 0 Å². The SMILES string of the molecule is CCCN(CC)c1nc2ccccc2cc1CCl. The van der Waals surface area contributed by atoms with E-state index in [4.69, 9.17) is 16.6 Å². The first-order valence-electron chi connectivity index (χ1n) is 6.49. The van der Waals surface area contributed by atoms with Crippen molar-refractivity contribution in [1.29, 1.82) is 0 Å². The van der Waals surface area contributed by atoms with Crippen molar-refractivity contribution < 1.29 is 0 Å². The number of benzene rings is 1. The van der Waals surface area contributed by atoms with Gasteiger partial charge in [-0.3, -0.25) is 0 Å². The lowest BCUT2D eigenvalue weighted by atomic mass is 10.1. The summed E-state index contributed by atoms with van der Waals surface area (Å²) >= 11 is 6.07. The molecule has 0 amide bonds. The van der Waals surface area contributed by atoms with Crippen LogP contribution in [0.3, 0.4) is 0 Å². The van der Waals surface area contributed by atoms with Gasteiger partial charge in [0.25, 0.3) is 0 Å². The molecule has 1 aromatic heterocycles. The number of aromatic nitrogens is 1. The standard InChI is InChI=1S/C15H19ClN2/c1-3-9-18(4-2)15-13(11-16)10-12-7-5-6-8-14(12)17-15/h5-8,10H,3-4,9,11H2,1-2H3. The molecule has 0 aliphatic heterocycles. The molecular weight excluding hydrogens is 244 g/mol. The third kappa shape index (κ3) is 2.59. The summed E-state index contributed by atoms with van der Waals surface area (Å²) < 4.78 is 0. The second kappa shape index (κ2) is 6.05. The average Bonchev–Trinajstić information content (AvgIpc) is 2.43. The molecule has 3 heteroatoms. The first kappa shape index (κ1) is 13.2. The molecule has 2 rings (SSSR count). The smallest absolute Gasteiger partial charge is 0.133 e. The number of para-hydroxylation sites is 1. The second-order valence-corrected chi connectivity index (χ2v) is 4.64. The highest BCUT2D eigenvalue weighted by atomic mass is 35.5. The molecule has 0 bridgehead atoms. The molecule has 0 fully saturated rings. The Labute approximate surface area is 114 Å². The van der Waals surface area contributed by atoms with Crippen LogP contribution < -0.4 is 4.90 Å². The van der Waals surface area contributed by atoms with Crippen LogP contribution in [0, 0.1) is 0 Å². The Morgan fingerprint density at radius 3 is 2.67 bits per heavy atom. The van der Waals surface area contributed by atoms with Crippen LogP contribution >= 0.6 is 11.6 Å². The largest absolute Gasteiger partial charge is 0.357 e. The maximum absolute atomic E-state index is 6.07. The van der Waals surface area contributed by atoms with Crippen molar-refractivity contribution in [2.24, 2.45) is 0 Å². The molecule has 1 heterocycles. The van der Waals surface area contributed by atoms with Gasteiger partial charge in [-0.15, -0.1) is 11.6 Å². The third-order valence-electron chi connectivity index (χ3n) is 3.10. The number of fused-ring (bicyclic) bond motifs is 1. The van der Waals surface area contributed by atoms with Gasteiger partial charge in [-0.2, -0.15) is 0 Å². The molecule has 0 aliphatic rings. The molecule has 0 N–H and O–H groups in total. The minimum absolute atomic E-state index is 0.507. The zero-order valence-corrected chi connectivity index (χ0v) is 11.7. The van der Waals surface area contributed by atoms with E-state index in [0.29, 0.717) is 5.88 Å². The molecule has 2 aromatic rings. The van der Waals surface area contributed by atoms with E-state index in [2.05, 4.69) is 36.9 Å². The Hall–Kier alpha value is -1.28. The van der Waals surface area contributed by atoms with Gasteiger partial charge in [0.15, 0.2) is 0 Å². The van der Waals surface area contributed by atoms with Crippen LogP contribution in [0.1, 0.15) is 25.8 Å². The molecule has 0 saturated carbocycles. The maximum atomic E-state index is 6.07. The van der Waals surface area contributed by atoms with Gasteiger partial charge < -0.3 is 4.90 Å². The minimum Gasteiger partial charge on any atom is -0.357 e. The van der Waals surface area contributed by atoms with Crippen molar-refractivity contribution in [2.45, 2.75) is 26.1 Å². The summed E-state index contributed by atoms with van der Waals surface area (Å²) in [6.07, 6.45) is 1.12. The van der Waals surface area contributed by atoms with Gasteiger partial charge in [-0.05, 0) is 25.5 Å². The van der Waals surface area contributed by atoms with Crippen molar-refractivity contribution in [3.63, 3.8) is 0 Å². The Kier molecular flexibility index (Phi) is 4.43. The molecule has 2 nitrogen and oxygen atoms in total. The quantitative estimate of drug-likeness (QED) is 0.751. The van der Waals surface area contributed by atoms with Crippen LogP contribution in [0.5, 0.6) is 0 Å². The predicted octanol–water partition coefficient (Wildman–Crippen LogP) is 4.21. The van der Waals surface area contributed by atoms with Gasteiger partial charge in [0, 0.05) is 24.0 Å². The Morgan fingerprint density at radius 1 is 1.22 bits per heavy atom. The van der Waals surface area contributed by atoms with Crippen molar-refractivity contribution in [1.82, 2.24) is 4.98 Å². The first-order valence-corrected chi connectivity index (χ1v) is 7.03. The molecule has 1 aromatic carbocycles. The fourth-order valence-corrected chi connectivity index (χ4v) is 2.40. The summed E-state index contributed by atoms with van der Waals surface area (Å²) in [4.78, 5) is 7.07. The van der Waals surface area contributed by atoms with Gasteiger partial charge in [-0.25, -0.2) is 4.98 Å².